The van der Waals surface area contributed by atoms with Crippen molar-refractivity contribution in [2.45, 2.75) is 62.6 Å². The third-order valence-electron chi connectivity index (χ3n) is 5.91. The first-order chi connectivity index (χ1) is 12.3. The van der Waals surface area contributed by atoms with Crippen molar-refractivity contribution in [1.82, 2.24) is 14.9 Å². The molecule has 4 heteroatoms. The van der Waals surface area contributed by atoms with Gasteiger partial charge in [-0.2, -0.15) is 0 Å². The monoisotopic (exact) mass is 339 g/mol. The zero-order valence-electron chi connectivity index (χ0n) is 15.1. The molecule has 1 aromatic carbocycles. The minimum absolute atomic E-state index is 0.164. The van der Waals surface area contributed by atoms with E-state index < -0.39 is 0 Å². The van der Waals surface area contributed by atoms with Gasteiger partial charge in [-0.05, 0) is 37.2 Å². The Morgan fingerprint density at radius 1 is 1.12 bits per heavy atom. The molecule has 0 spiro atoms. The molecule has 1 saturated heterocycles. The average Bonchev–Trinajstić information content (AvgIpc) is 3.09. The zero-order chi connectivity index (χ0) is 17.1. The van der Waals surface area contributed by atoms with Crippen LogP contribution in [-0.4, -0.2) is 28.2 Å². The van der Waals surface area contributed by atoms with Gasteiger partial charge in [0.1, 0.15) is 6.10 Å². The molecule has 2 heterocycles. The van der Waals surface area contributed by atoms with Gasteiger partial charge in [0.2, 0.25) is 0 Å². The predicted molar refractivity (Wildman–Crippen MR) is 99.5 cm³/mol. The van der Waals surface area contributed by atoms with E-state index in [0.29, 0.717) is 18.0 Å². The van der Waals surface area contributed by atoms with E-state index in [4.69, 9.17) is 4.74 Å². The molecule has 0 unspecified atom stereocenters. The molecule has 0 bridgehead atoms. The molecule has 4 nitrogen and oxygen atoms in total. The van der Waals surface area contributed by atoms with Gasteiger partial charge in [-0.25, -0.2) is 4.98 Å². The number of imidazole rings is 1. The van der Waals surface area contributed by atoms with E-state index in [2.05, 4.69) is 52.2 Å². The van der Waals surface area contributed by atoms with Gasteiger partial charge in [0.05, 0.1) is 18.2 Å². The summed E-state index contributed by atoms with van der Waals surface area (Å²) < 4.78 is 8.12. The molecule has 1 aromatic heterocycles. The molecule has 1 aliphatic carbocycles. The summed E-state index contributed by atoms with van der Waals surface area (Å²) in [5.41, 5.74) is 2.68. The highest BCUT2D eigenvalue weighted by atomic mass is 16.5. The summed E-state index contributed by atoms with van der Waals surface area (Å²) in [5.74, 6) is 0.646. The van der Waals surface area contributed by atoms with Crippen LogP contribution in [0.25, 0.3) is 0 Å². The van der Waals surface area contributed by atoms with Crippen molar-refractivity contribution in [3.8, 4) is 0 Å². The summed E-state index contributed by atoms with van der Waals surface area (Å²) in [6.45, 7) is 0.830. The number of hydrogen-bond donors (Lipinski definition) is 1. The lowest BCUT2D eigenvalue weighted by atomic mass is 9.79. The third kappa shape index (κ3) is 3.80. The van der Waals surface area contributed by atoms with Crippen molar-refractivity contribution >= 4 is 0 Å². The molecule has 0 radical (unpaired) electrons. The molecule has 2 aromatic rings. The third-order valence-corrected chi connectivity index (χ3v) is 5.91. The van der Waals surface area contributed by atoms with Crippen LogP contribution in [0.15, 0.2) is 42.9 Å². The zero-order valence-corrected chi connectivity index (χ0v) is 15.1. The Balaban J connectivity index is 1.44. The summed E-state index contributed by atoms with van der Waals surface area (Å²) in [6, 6.07) is 12.2. The predicted octanol–water partition coefficient (Wildman–Crippen LogP) is 3.96. The van der Waals surface area contributed by atoms with Crippen LogP contribution in [0.3, 0.4) is 0 Å². The van der Waals surface area contributed by atoms with Crippen LogP contribution < -0.4 is 5.32 Å². The largest absolute Gasteiger partial charge is 0.372 e. The number of benzene rings is 1. The fourth-order valence-corrected chi connectivity index (χ4v) is 4.56. The first-order valence-electron chi connectivity index (χ1n) is 9.70. The highest BCUT2D eigenvalue weighted by molar-refractivity contribution is 5.22. The van der Waals surface area contributed by atoms with E-state index in [1.807, 2.05) is 12.5 Å². The number of aromatic nitrogens is 2. The van der Waals surface area contributed by atoms with Crippen molar-refractivity contribution in [1.29, 1.82) is 0 Å². The number of hydrogen-bond acceptors (Lipinski definition) is 3. The van der Waals surface area contributed by atoms with Gasteiger partial charge in [0.25, 0.3) is 0 Å². The summed E-state index contributed by atoms with van der Waals surface area (Å²) in [7, 11) is 2.05. The molecule has 2 fully saturated rings. The Bertz CT molecular complexity index is 669. The average molecular weight is 339 g/mol. The van der Waals surface area contributed by atoms with Crippen LogP contribution in [-0.2, 0) is 11.8 Å². The number of nitrogens with zero attached hydrogens (tertiary/aromatic N) is 2. The molecule has 1 N–H and O–H groups in total. The fraction of sp³-hybridized carbons (Fsp3) is 0.571. The van der Waals surface area contributed by atoms with Gasteiger partial charge < -0.3 is 14.6 Å². The van der Waals surface area contributed by atoms with Crippen molar-refractivity contribution < 1.29 is 4.74 Å². The second kappa shape index (κ2) is 7.71. The number of aryl methyl sites for hydroxylation is 1. The molecule has 2 aliphatic rings. The van der Waals surface area contributed by atoms with Crippen LogP contribution in [0.5, 0.6) is 0 Å². The van der Waals surface area contributed by atoms with Crippen molar-refractivity contribution in [3.05, 3.63) is 54.1 Å². The minimum Gasteiger partial charge on any atom is -0.372 e. The van der Waals surface area contributed by atoms with Gasteiger partial charge in [0.15, 0.2) is 0 Å². The summed E-state index contributed by atoms with van der Waals surface area (Å²) in [6.07, 6.45) is 11.4. The van der Waals surface area contributed by atoms with E-state index in [1.165, 1.54) is 36.9 Å². The first-order valence-corrected chi connectivity index (χ1v) is 9.70. The molecule has 4 rings (SSSR count). The van der Waals surface area contributed by atoms with Gasteiger partial charge in [0, 0.05) is 25.7 Å². The lowest BCUT2D eigenvalue weighted by Gasteiger charge is -2.38. The van der Waals surface area contributed by atoms with E-state index in [1.54, 1.807) is 0 Å². The standard InChI is InChI=1S/C21H29N3O/c1-24-15-22-14-20(24)21-13-17(11-12-25-21)23-19-10-6-5-9-18(19)16-7-3-2-4-8-16/h2-4,7-8,14-15,17-19,21,23H,5-6,9-13H2,1H3/t17-,18+,19-,21+/m1/s1. The molecule has 4 atom stereocenters. The molecule has 134 valence electrons. The lowest BCUT2D eigenvalue weighted by Crippen LogP contribution is -2.46. The van der Waals surface area contributed by atoms with Crippen LogP contribution in [0, 0.1) is 0 Å². The summed E-state index contributed by atoms with van der Waals surface area (Å²) in [4.78, 5) is 4.25. The molecular weight excluding hydrogens is 310 g/mol. The van der Waals surface area contributed by atoms with E-state index in [0.717, 1.165) is 19.4 Å². The number of rotatable bonds is 4. The topological polar surface area (TPSA) is 39.1 Å². The van der Waals surface area contributed by atoms with E-state index >= 15 is 0 Å². The Labute approximate surface area is 150 Å². The second-order valence-electron chi connectivity index (χ2n) is 7.58. The normalized spacial score (nSPS) is 30.3. The Morgan fingerprint density at radius 3 is 2.76 bits per heavy atom. The highest BCUT2D eigenvalue weighted by Crippen LogP contribution is 2.35. The maximum atomic E-state index is 6.03. The second-order valence-corrected chi connectivity index (χ2v) is 7.58. The first kappa shape index (κ1) is 16.8. The lowest BCUT2D eigenvalue weighted by molar-refractivity contribution is -0.00697. The summed E-state index contributed by atoms with van der Waals surface area (Å²) >= 11 is 0. The van der Waals surface area contributed by atoms with E-state index in [9.17, 15) is 0 Å². The molecule has 25 heavy (non-hydrogen) atoms. The van der Waals surface area contributed by atoms with Gasteiger partial charge in [-0.1, -0.05) is 43.2 Å². The van der Waals surface area contributed by atoms with Gasteiger partial charge in [-0.3, -0.25) is 0 Å². The molecule has 1 aliphatic heterocycles. The van der Waals surface area contributed by atoms with Gasteiger partial charge >= 0.3 is 0 Å². The van der Waals surface area contributed by atoms with Crippen molar-refractivity contribution in [2.24, 2.45) is 7.05 Å². The van der Waals surface area contributed by atoms with Crippen LogP contribution in [0.4, 0.5) is 0 Å². The maximum Gasteiger partial charge on any atom is 0.100 e. The van der Waals surface area contributed by atoms with Crippen molar-refractivity contribution in [3.63, 3.8) is 0 Å². The van der Waals surface area contributed by atoms with Crippen LogP contribution in [0.1, 0.15) is 61.8 Å². The molecule has 0 amide bonds. The van der Waals surface area contributed by atoms with Crippen molar-refractivity contribution in [2.75, 3.05) is 6.61 Å². The number of ether oxygens (including phenoxy) is 1. The maximum absolute atomic E-state index is 6.03. The Kier molecular flexibility index (Phi) is 5.18. The fourth-order valence-electron chi connectivity index (χ4n) is 4.56. The smallest absolute Gasteiger partial charge is 0.100 e. The SMILES string of the molecule is Cn1cncc1[C@@H]1C[C@H](N[C@@H]2CCCC[C@H]2c2ccccc2)CCO1. The Hall–Kier alpha value is -1.65. The summed E-state index contributed by atoms with van der Waals surface area (Å²) in [5, 5.41) is 4.01. The minimum atomic E-state index is 0.164. The Morgan fingerprint density at radius 2 is 1.96 bits per heavy atom. The van der Waals surface area contributed by atoms with E-state index in [-0.39, 0.29) is 6.10 Å². The van der Waals surface area contributed by atoms with Crippen LogP contribution >= 0.6 is 0 Å². The molecule has 1 saturated carbocycles. The quantitative estimate of drug-likeness (QED) is 0.916. The van der Waals surface area contributed by atoms with Crippen LogP contribution in [0.2, 0.25) is 0 Å². The molecular formula is C21H29N3O. The van der Waals surface area contributed by atoms with Gasteiger partial charge in [-0.15, -0.1) is 0 Å². The highest BCUT2D eigenvalue weighted by Gasteiger charge is 2.31. The number of nitrogens with one attached hydrogen (secondary N) is 1.